The SMILES string of the molecule is CC(C)c1c(C(=O)Nc2ccccc2)c(-c2ccccc2)c(-c2ccccc2)n1CCC1CC(CC(=O)OCCCOCC(CO[N+](=O)[O-])O[N+](=O)[O-])OS(C(C)C)(C(C)C)OS(C(C)C)(C(C)C)O1. The number of nitrogens with one attached hydrogen (secondary N) is 1. The lowest BCUT2D eigenvalue weighted by molar-refractivity contribution is -0.790. The van der Waals surface area contributed by atoms with E-state index < -0.39 is 62.2 Å². The Labute approximate surface area is 415 Å². The number of aromatic nitrogens is 1. The van der Waals surface area contributed by atoms with Gasteiger partial charge in [0, 0.05) is 63.9 Å². The first-order chi connectivity index (χ1) is 33.3. The summed E-state index contributed by atoms with van der Waals surface area (Å²) < 4.78 is 35.8. The molecule has 1 aromatic heterocycles. The molecule has 1 aliphatic rings. The minimum absolute atomic E-state index is 0.00987. The molecule has 386 valence electrons. The van der Waals surface area contributed by atoms with Gasteiger partial charge in [0.25, 0.3) is 16.1 Å². The molecule has 17 nitrogen and oxygen atoms in total. The first-order valence-corrected chi connectivity index (χ1v) is 27.3. The molecule has 1 amide bonds. The lowest BCUT2D eigenvalue weighted by atomic mass is 9.94. The maximum absolute atomic E-state index is 14.8. The van der Waals surface area contributed by atoms with Gasteiger partial charge < -0.3 is 29.0 Å². The van der Waals surface area contributed by atoms with E-state index in [0.717, 1.165) is 28.1 Å². The van der Waals surface area contributed by atoms with Gasteiger partial charge in [0.1, 0.15) is 6.61 Å². The van der Waals surface area contributed by atoms with Crippen LogP contribution in [0.2, 0.25) is 0 Å². The van der Waals surface area contributed by atoms with Crippen LogP contribution in [0.15, 0.2) is 91.0 Å². The molecule has 0 spiro atoms. The number of para-hydroxylation sites is 1. The van der Waals surface area contributed by atoms with E-state index in [1.807, 2.05) is 78.9 Å². The smallest absolute Gasteiger partial charge is 0.308 e. The Kier molecular flexibility index (Phi) is 20.5. The van der Waals surface area contributed by atoms with E-state index in [2.05, 4.69) is 101 Å². The molecule has 1 fully saturated rings. The first-order valence-electron chi connectivity index (χ1n) is 24.0. The highest BCUT2D eigenvalue weighted by atomic mass is 32.4. The number of anilines is 1. The predicted molar refractivity (Wildman–Crippen MR) is 275 cm³/mol. The molecule has 19 heteroatoms. The third kappa shape index (κ3) is 14.2. The zero-order chi connectivity index (χ0) is 51.2. The molecule has 5 rings (SSSR count). The number of nitrogens with zero attached hydrogens (tertiary/aromatic N) is 3. The summed E-state index contributed by atoms with van der Waals surface area (Å²) in [5, 5.41) is 22.4. The van der Waals surface area contributed by atoms with Crippen LogP contribution in [0.25, 0.3) is 22.4 Å². The normalized spacial score (nSPS) is 18.2. The molecule has 0 bridgehead atoms. The van der Waals surface area contributed by atoms with Crippen LogP contribution in [0.3, 0.4) is 0 Å². The average Bonchev–Trinajstić information content (AvgIpc) is 3.65. The zero-order valence-electron chi connectivity index (χ0n) is 42.1. The highest BCUT2D eigenvalue weighted by molar-refractivity contribution is 8.39. The molecule has 3 atom stereocenters. The van der Waals surface area contributed by atoms with E-state index in [0.29, 0.717) is 30.6 Å². The van der Waals surface area contributed by atoms with Crippen molar-refractivity contribution < 1.29 is 50.9 Å². The molecule has 70 heavy (non-hydrogen) atoms. The first kappa shape index (κ1) is 55.7. The van der Waals surface area contributed by atoms with Crippen LogP contribution in [-0.4, -0.2) is 92.4 Å². The van der Waals surface area contributed by atoms with Crippen LogP contribution in [0, 0.1) is 20.2 Å². The second kappa shape index (κ2) is 25.8. The largest absolute Gasteiger partial charge is 0.466 e. The van der Waals surface area contributed by atoms with Gasteiger partial charge in [0.15, 0.2) is 6.10 Å². The highest BCUT2D eigenvalue weighted by Crippen LogP contribution is 2.75. The Morgan fingerprint density at radius 1 is 0.729 bits per heavy atom. The van der Waals surface area contributed by atoms with Crippen LogP contribution in [-0.2, 0) is 42.5 Å². The van der Waals surface area contributed by atoms with Crippen LogP contribution in [0.4, 0.5) is 5.69 Å². The summed E-state index contributed by atoms with van der Waals surface area (Å²) >= 11 is 0. The van der Waals surface area contributed by atoms with Crippen molar-refractivity contribution in [3.63, 3.8) is 0 Å². The predicted octanol–water partition coefficient (Wildman–Crippen LogP) is 11.8. The Hall–Kier alpha value is -5.18. The molecule has 1 saturated heterocycles. The van der Waals surface area contributed by atoms with Gasteiger partial charge in [-0.3, -0.25) is 18.0 Å². The number of benzene rings is 3. The van der Waals surface area contributed by atoms with Gasteiger partial charge in [-0.15, -0.1) is 20.2 Å². The van der Waals surface area contributed by atoms with Crippen molar-refractivity contribution in [1.29, 1.82) is 0 Å². The van der Waals surface area contributed by atoms with Crippen LogP contribution >= 0.6 is 21.2 Å². The average molecular weight is 1010 g/mol. The maximum Gasteiger partial charge on any atom is 0.308 e. The molecule has 0 radical (unpaired) electrons. The monoisotopic (exact) mass is 1010 g/mol. The summed E-state index contributed by atoms with van der Waals surface area (Å²) in [5.74, 6) is -0.783. The zero-order valence-corrected chi connectivity index (χ0v) is 43.7. The molecule has 3 aromatic carbocycles. The molecule has 1 aliphatic heterocycles. The van der Waals surface area contributed by atoms with Crippen molar-refractivity contribution in [3.05, 3.63) is 122 Å². The second-order valence-corrected chi connectivity index (χ2v) is 25.6. The van der Waals surface area contributed by atoms with E-state index in [1.54, 1.807) is 0 Å². The molecule has 0 aliphatic carbocycles. The topological polar surface area (TPSA) is 202 Å². The van der Waals surface area contributed by atoms with E-state index in [4.69, 9.17) is 21.5 Å². The van der Waals surface area contributed by atoms with Crippen molar-refractivity contribution in [2.24, 2.45) is 0 Å². The van der Waals surface area contributed by atoms with Gasteiger partial charge >= 0.3 is 5.97 Å². The Morgan fingerprint density at radius 2 is 1.27 bits per heavy atom. The van der Waals surface area contributed by atoms with Crippen LogP contribution in [0.1, 0.15) is 117 Å². The quantitative estimate of drug-likeness (QED) is 0.0285. The Balaban J connectivity index is 1.51. The fraction of sp³-hybridized carbons (Fsp3) is 0.529. The van der Waals surface area contributed by atoms with Crippen molar-refractivity contribution in [1.82, 2.24) is 4.57 Å². The molecule has 2 heterocycles. The van der Waals surface area contributed by atoms with Crippen molar-refractivity contribution in [3.8, 4) is 22.4 Å². The molecule has 1 N–H and O–H groups in total. The van der Waals surface area contributed by atoms with Gasteiger partial charge in [0.05, 0.1) is 43.1 Å². The number of carbonyl (C=O) groups excluding carboxylic acids is 2. The minimum atomic E-state index is -2.34. The highest BCUT2D eigenvalue weighted by Gasteiger charge is 2.47. The Bertz CT molecular complexity index is 2300. The second-order valence-electron chi connectivity index (χ2n) is 18.6. The van der Waals surface area contributed by atoms with Crippen molar-refractivity contribution in [2.45, 2.75) is 147 Å². The Morgan fingerprint density at radius 3 is 1.80 bits per heavy atom. The van der Waals surface area contributed by atoms with Gasteiger partial charge in [-0.05, 0) is 91.0 Å². The third-order valence-corrected chi connectivity index (χ3v) is 19.9. The third-order valence-electron chi connectivity index (χ3n) is 11.8. The molecule has 3 unspecified atom stereocenters. The molecule has 4 aromatic rings. The number of rotatable bonds is 25. The number of amides is 1. The summed E-state index contributed by atoms with van der Waals surface area (Å²) in [7, 11) is -4.64. The lowest BCUT2D eigenvalue weighted by Crippen LogP contribution is -2.41. The molecular formula is C51H72N4O13S2. The van der Waals surface area contributed by atoms with Gasteiger partial charge in [-0.25, -0.2) is 0 Å². The molecular weight excluding hydrogens is 941 g/mol. The van der Waals surface area contributed by atoms with E-state index in [-0.39, 0.29) is 65.5 Å². The maximum atomic E-state index is 14.8. The molecule has 0 saturated carbocycles. The van der Waals surface area contributed by atoms with Crippen molar-refractivity contribution >= 4 is 38.7 Å². The van der Waals surface area contributed by atoms with Gasteiger partial charge in [-0.2, -0.15) is 24.8 Å². The summed E-state index contributed by atoms with van der Waals surface area (Å²) in [4.78, 5) is 58.7. The standard InChI is InChI=1S/C51H72N4O13S2/c1-35(2)49-48(51(57)52-42-25-18-13-19-26-42)47(40-21-14-11-15-22-40)50(41-23-16-12-17-24-41)53(49)28-27-43-31-44(67-70(38(7)8,39(9)10)68-69(66-43,36(3)4)37(5)6)32-46(56)63-30-20-29-62-33-45(65-55(60)61)34-64-54(58)59/h11-19,21-26,35-39,43-45H,20,27-34H2,1-10H3,(H,52,57). The fourth-order valence-electron chi connectivity index (χ4n) is 8.78. The van der Waals surface area contributed by atoms with E-state index >= 15 is 0 Å². The summed E-state index contributed by atoms with van der Waals surface area (Å²) in [5.41, 5.74) is 5.79. The lowest BCUT2D eigenvalue weighted by Gasteiger charge is -2.63. The number of esters is 1. The summed E-state index contributed by atoms with van der Waals surface area (Å²) in [6.45, 7) is 20.6. The van der Waals surface area contributed by atoms with E-state index in [1.165, 1.54) is 0 Å². The van der Waals surface area contributed by atoms with Crippen LogP contribution < -0.4 is 5.32 Å². The number of hydrogen-bond donors (Lipinski definition) is 1. The number of hydrogen-bond acceptors (Lipinski definition) is 13. The van der Waals surface area contributed by atoms with E-state index in [9.17, 15) is 29.8 Å². The fourth-order valence-corrected chi connectivity index (χ4v) is 17.1. The summed E-state index contributed by atoms with van der Waals surface area (Å²) in [6.07, 6.45) is -1.42. The number of carbonyl (C=O) groups is 2. The summed E-state index contributed by atoms with van der Waals surface area (Å²) in [6, 6.07) is 29.6. The number of ether oxygens (including phenoxy) is 2. The van der Waals surface area contributed by atoms with Gasteiger partial charge in [-0.1, -0.05) is 92.7 Å². The minimum Gasteiger partial charge on any atom is -0.466 e. The van der Waals surface area contributed by atoms with Gasteiger partial charge in [0.2, 0.25) is 0 Å². The van der Waals surface area contributed by atoms with Crippen LogP contribution in [0.5, 0.6) is 0 Å². The van der Waals surface area contributed by atoms with Crippen molar-refractivity contribution in [2.75, 3.05) is 31.7 Å².